The molecule has 0 bridgehead atoms. The predicted octanol–water partition coefficient (Wildman–Crippen LogP) is 2.62. The Morgan fingerprint density at radius 1 is 1.21 bits per heavy atom. The van der Waals surface area contributed by atoms with Crippen molar-refractivity contribution in [3.63, 3.8) is 0 Å². The molecule has 19 heavy (non-hydrogen) atoms. The normalized spacial score (nSPS) is 12.6. The summed E-state index contributed by atoms with van der Waals surface area (Å²) in [6.07, 6.45) is 0.925. The summed E-state index contributed by atoms with van der Waals surface area (Å²) < 4.78 is 5.62. The fourth-order valence-corrected chi connectivity index (χ4v) is 2.48. The van der Waals surface area contributed by atoms with Gasteiger partial charge < -0.3 is 10.5 Å². The van der Waals surface area contributed by atoms with E-state index < -0.39 is 0 Å². The van der Waals surface area contributed by atoms with Crippen molar-refractivity contribution in [1.29, 1.82) is 5.26 Å². The molecule has 0 aliphatic carbocycles. The SMILES string of the molecule is N#Cc1cccc(-c2cc(CN)c3c(c2)CCO3)c1. The zero-order valence-corrected chi connectivity index (χ0v) is 10.5. The topological polar surface area (TPSA) is 59.0 Å². The van der Waals surface area contributed by atoms with Gasteiger partial charge in [-0.05, 0) is 41.0 Å². The van der Waals surface area contributed by atoms with Crippen LogP contribution in [-0.2, 0) is 13.0 Å². The van der Waals surface area contributed by atoms with Gasteiger partial charge in [0.1, 0.15) is 5.75 Å². The van der Waals surface area contributed by atoms with Crippen molar-refractivity contribution >= 4 is 0 Å². The first kappa shape index (κ1) is 11.8. The Kier molecular flexibility index (Phi) is 2.94. The fraction of sp³-hybridized carbons (Fsp3) is 0.188. The molecule has 0 fully saturated rings. The molecular weight excluding hydrogens is 236 g/mol. The van der Waals surface area contributed by atoms with E-state index in [0.717, 1.165) is 35.5 Å². The van der Waals surface area contributed by atoms with Crippen molar-refractivity contribution in [3.05, 3.63) is 53.1 Å². The maximum absolute atomic E-state index is 8.97. The Bertz CT molecular complexity index is 671. The average Bonchev–Trinajstić information content (AvgIpc) is 2.94. The molecule has 2 aromatic carbocycles. The second-order valence-corrected chi connectivity index (χ2v) is 4.62. The van der Waals surface area contributed by atoms with Crippen molar-refractivity contribution in [2.24, 2.45) is 5.73 Å². The van der Waals surface area contributed by atoms with Gasteiger partial charge in [-0.1, -0.05) is 12.1 Å². The third kappa shape index (κ3) is 2.07. The van der Waals surface area contributed by atoms with E-state index in [0.29, 0.717) is 12.1 Å². The summed E-state index contributed by atoms with van der Waals surface area (Å²) >= 11 is 0. The molecule has 1 heterocycles. The van der Waals surface area contributed by atoms with Crippen LogP contribution in [0, 0.1) is 11.3 Å². The molecule has 3 rings (SSSR count). The van der Waals surface area contributed by atoms with Gasteiger partial charge in [0.25, 0.3) is 0 Å². The molecule has 1 aliphatic heterocycles. The minimum Gasteiger partial charge on any atom is -0.493 e. The van der Waals surface area contributed by atoms with Gasteiger partial charge in [-0.15, -0.1) is 0 Å². The van der Waals surface area contributed by atoms with Crippen LogP contribution in [0.1, 0.15) is 16.7 Å². The number of nitrogens with two attached hydrogens (primary N) is 1. The lowest BCUT2D eigenvalue weighted by atomic mass is 9.97. The van der Waals surface area contributed by atoms with Crippen LogP contribution < -0.4 is 10.5 Å². The minimum atomic E-state index is 0.466. The first-order valence-electron chi connectivity index (χ1n) is 6.31. The van der Waals surface area contributed by atoms with Crippen molar-refractivity contribution in [2.75, 3.05) is 6.61 Å². The average molecular weight is 250 g/mol. The summed E-state index contributed by atoms with van der Waals surface area (Å²) in [6.45, 7) is 1.19. The Labute approximate surface area is 112 Å². The summed E-state index contributed by atoms with van der Waals surface area (Å²) in [5, 5.41) is 8.97. The highest BCUT2D eigenvalue weighted by Crippen LogP contribution is 2.34. The van der Waals surface area contributed by atoms with Crippen molar-refractivity contribution < 1.29 is 4.74 Å². The van der Waals surface area contributed by atoms with Gasteiger partial charge in [0.05, 0.1) is 18.2 Å². The van der Waals surface area contributed by atoms with E-state index in [-0.39, 0.29) is 0 Å². The predicted molar refractivity (Wildman–Crippen MR) is 73.7 cm³/mol. The highest BCUT2D eigenvalue weighted by Gasteiger charge is 2.17. The minimum absolute atomic E-state index is 0.466. The van der Waals surface area contributed by atoms with Crippen LogP contribution in [0.3, 0.4) is 0 Å². The molecule has 0 aromatic heterocycles. The fourth-order valence-electron chi connectivity index (χ4n) is 2.48. The third-order valence-electron chi connectivity index (χ3n) is 3.41. The number of hydrogen-bond donors (Lipinski definition) is 1. The largest absolute Gasteiger partial charge is 0.493 e. The van der Waals surface area contributed by atoms with Crippen molar-refractivity contribution in [2.45, 2.75) is 13.0 Å². The quantitative estimate of drug-likeness (QED) is 0.891. The molecule has 1 aliphatic rings. The third-order valence-corrected chi connectivity index (χ3v) is 3.41. The lowest BCUT2D eigenvalue weighted by molar-refractivity contribution is 0.353. The van der Waals surface area contributed by atoms with Crippen LogP contribution in [0.4, 0.5) is 0 Å². The van der Waals surface area contributed by atoms with Gasteiger partial charge in [0.15, 0.2) is 0 Å². The van der Waals surface area contributed by atoms with Crippen LogP contribution >= 0.6 is 0 Å². The van der Waals surface area contributed by atoms with E-state index in [1.165, 1.54) is 5.56 Å². The Morgan fingerprint density at radius 3 is 2.89 bits per heavy atom. The van der Waals surface area contributed by atoms with Crippen molar-refractivity contribution in [3.8, 4) is 22.9 Å². The monoisotopic (exact) mass is 250 g/mol. The summed E-state index contributed by atoms with van der Waals surface area (Å²) in [5.41, 5.74) is 10.9. The summed E-state index contributed by atoms with van der Waals surface area (Å²) in [4.78, 5) is 0. The van der Waals surface area contributed by atoms with E-state index in [2.05, 4.69) is 18.2 Å². The molecule has 0 unspecified atom stereocenters. The smallest absolute Gasteiger partial charge is 0.127 e. The maximum Gasteiger partial charge on any atom is 0.127 e. The van der Waals surface area contributed by atoms with Gasteiger partial charge in [-0.3, -0.25) is 0 Å². The number of rotatable bonds is 2. The molecule has 0 amide bonds. The summed E-state index contributed by atoms with van der Waals surface area (Å²) in [5.74, 6) is 0.947. The molecule has 2 N–H and O–H groups in total. The van der Waals surface area contributed by atoms with Gasteiger partial charge in [-0.25, -0.2) is 0 Å². The highest BCUT2D eigenvalue weighted by atomic mass is 16.5. The standard InChI is InChI=1S/C16H14N2O/c17-9-11-2-1-3-12(6-11)14-7-13-4-5-19-16(13)15(8-14)10-18/h1-3,6-8H,4-5,10,18H2. The van der Waals surface area contributed by atoms with Gasteiger partial charge in [-0.2, -0.15) is 5.26 Å². The van der Waals surface area contributed by atoms with Crippen molar-refractivity contribution in [1.82, 2.24) is 0 Å². The summed E-state index contributed by atoms with van der Waals surface area (Å²) in [6, 6.07) is 14.0. The van der Waals surface area contributed by atoms with Gasteiger partial charge in [0.2, 0.25) is 0 Å². The number of ether oxygens (including phenoxy) is 1. The number of nitrogens with zero attached hydrogens (tertiary/aromatic N) is 1. The molecular formula is C16H14N2O. The van der Waals surface area contributed by atoms with Crippen LogP contribution in [0.25, 0.3) is 11.1 Å². The molecule has 0 spiro atoms. The Morgan fingerprint density at radius 2 is 2.11 bits per heavy atom. The molecule has 94 valence electrons. The summed E-state index contributed by atoms with van der Waals surface area (Å²) in [7, 11) is 0. The molecule has 3 heteroatoms. The Hall–Kier alpha value is -2.31. The first-order chi connectivity index (χ1) is 9.31. The van der Waals surface area contributed by atoms with Gasteiger partial charge in [0, 0.05) is 18.5 Å². The first-order valence-corrected chi connectivity index (χ1v) is 6.31. The highest BCUT2D eigenvalue weighted by molar-refractivity contribution is 5.69. The lowest BCUT2D eigenvalue weighted by Crippen LogP contribution is -2.00. The molecule has 2 aromatic rings. The van der Waals surface area contributed by atoms with Crippen LogP contribution in [0.5, 0.6) is 5.75 Å². The number of fused-ring (bicyclic) bond motifs is 1. The zero-order chi connectivity index (χ0) is 13.2. The molecule has 3 nitrogen and oxygen atoms in total. The van der Waals surface area contributed by atoms with Crippen LogP contribution in [0.2, 0.25) is 0 Å². The van der Waals surface area contributed by atoms with Gasteiger partial charge >= 0.3 is 0 Å². The van der Waals surface area contributed by atoms with E-state index in [9.17, 15) is 0 Å². The molecule has 0 radical (unpaired) electrons. The number of nitriles is 1. The zero-order valence-electron chi connectivity index (χ0n) is 10.5. The second kappa shape index (κ2) is 4.75. The van der Waals surface area contributed by atoms with Crippen LogP contribution in [-0.4, -0.2) is 6.61 Å². The van der Waals surface area contributed by atoms with E-state index in [4.69, 9.17) is 15.7 Å². The Balaban J connectivity index is 2.13. The van der Waals surface area contributed by atoms with E-state index >= 15 is 0 Å². The lowest BCUT2D eigenvalue weighted by Gasteiger charge is -2.10. The maximum atomic E-state index is 8.97. The number of hydrogen-bond acceptors (Lipinski definition) is 3. The number of benzene rings is 2. The second-order valence-electron chi connectivity index (χ2n) is 4.62. The van der Waals surface area contributed by atoms with E-state index in [1.54, 1.807) is 0 Å². The van der Waals surface area contributed by atoms with Crippen LogP contribution in [0.15, 0.2) is 36.4 Å². The molecule has 0 saturated carbocycles. The van der Waals surface area contributed by atoms with E-state index in [1.807, 2.05) is 24.3 Å². The molecule has 0 atom stereocenters. The molecule has 0 saturated heterocycles.